The Morgan fingerprint density at radius 2 is 2.09 bits per heavy atom. The van der Waals surface area contributed by atoms with E-state index in [9.17, 15) is 4.79 Å². The van der Waals surface area contributed by atoms with Crippen LogP contribution in [0.15, 0.2) is 42.5 Å². The monoisotopic (exact) mass is 330 g/mol. The highest BCUT2D eigenvalue weighted by Gasteiger charge is 2.08. The van der Waals surface area contributed by atoms with Crippen LogP contribution in [0, 0.1) is 6.92 Å². The van der Waals surface area contributed by atoms with E-state index in [1.165, 1.54) is 0 Å². The fourth-order valence-electron chi connectivity index (χ4n) is 2.14. The van der Waals surface area contributed by atoms with Crippen molar-refractivity contribution in [1.82, 2.24) is 4.98 Å². The number of carbonyl (C=O) groups is 1. The van der Waals surface area contributed by atoms with Crippen molar-refractivity contribution in [3.8, 4) is 0 Å². The average molecular weight is 331 g/mol. The van der Waals surface area contributed by atoms with Gasteiger partial charge in [0, 0.05) is 23.6 Å². The highest BCUT2D eigenvalue weighted by Crippen LogP contribution is 2.23. The van der Waals surface area contributed by atoms with Crippen LogP contribution < -0.4 is 5.32 Å². The molecule has 0 radical (unpaired) electrons. The molecule has 1 aromatic heterocycles. The fourth-order valence-corrected chi connectivity index (χ4v) is 3.29. The lowest BCUT2D eigenvalue weighted by Gasteiger charge is -2.06. The van der Waals surface area contributed by atoms with Gasteiger partial charge in [-0.25, -0.2) is 4.98 Å². The van der Waals surface area contributed by atoms with Gasteiger partial charge < -0.3 is 5.32 Å². The zero-order valence-electron chi connectivity index (χ0n) is 12.1. The first kappa shape index (κ1) is 15.0. The van der Waals surface area contributed by atoms with E-state index in [0.717, 1.165) is 26.5 Å². The number of anilines is 1. The van der Waals surface area contributed by atoms with Crippen LogP contribution in [0.4, 0.5) is 5.69 Å². The van der Waals surface area contributed by atoms with Crippen LogP contribution in [0.2, 0.25) is 5.02 Å². The van der Waals surface area contributed by atoms with Crippen molar-refractivity contribution < 1.29 is 4.79 Å². The molecule has 0 fully saturated rings. The molecular formula is C17H15ClN2OS. The molecule has 0 aliphatic carbocycles. The minimum Gasteiger partial charge on any atom is -0.326 e. The van der Waals surface area contributed by atoms with Crippen molar-refractivity contribution in [2.24, 2.45) is 0 Å². The summed E-state index contributed by atoms with van der Waals surface area (Å²) in [6.07, 6.45) is 1.05. The summed E-state index contributed by atoms with van der Waals surface area (Å²) >= 11 is 7.69. The molecule has 1 heterocycles. The van der Waals surface area contributed by atoms with E-state index in [2.05, 4.69) is 10.3 Å². The molecule has 0 unspecified atom stereocenters. The number of hydrogen-bond acceptors (Lipinski definition) is 3. The summed E-state index contributed by atoms with van der Waals surface area (Å²) in [5, 5.41) is 4.51. The summed E-state index contributed by atoms with van der Waals surface area (Å²) < 4.78 is 1.16. The fraction of sp³-hybridized carbons (Fsp3) is 0.176. The summed E-state index contributed by atoms with van der Waals surface area (Å²) in [5.41, 5.74) is 2.72. The molecule has 112 valence electrons. The van der Waals surface area contributed by atoms with Crippen LogP contribution in [0.5, 0.6) is 0 Å². The number of thiazole rings is 1. The van der Waals surface area contributed by atoms with Gasteiger partial charge in [0.05, 0.1) is 15.2 Å². The number of nitrogens with zero attached hydrogens (tertiary/aromatic N) is 1. The van der Waals surface area contributed by atoms with Gasteiger partial charge in [0.2, 0.25) is 5.91 Å². The van der Waals surface area contributed by atoms with E-state index in [1.54, 1.807) is 17.4 Å². The van der Waals surface area contributed by atoms with Crippen LogP contribution in [0.1, 0.15) is 17.0 Å². The van der Waals surface area contributed by atoms with E-state index < -0.39 is 0 Å². The largest absolute Gasteiger partial charge is 0.326 e. The molecule has 3 aromatic rings. The summed E-state index contributed by atoms with van der Waals surface area (Å²) in [4.78, 5) is 16.6. The standard InChI is InChI=1S/C17H15ClN2OS/c1-11-6-7-12(10-13(11)18)19-16(21)8-9-17-20-14-4-2-3-5-15(14)22-17/h2-7,10H,8-9H2,1H3,(H,19,21). The number of carbonyl (C=O) groups excluding carboxylic acids is 1. The number of halogens is 1. The SMILES string of the molecule is Cc1ccc(NC(=O)CCc2nc3ccccc3s2)cc1Cl. The Bertz CT molecular complexity index is 795. The van der Waals surface area contributed by atoms with E-state index in [0.29, 0.717) is 17.9 Å². The Labute approximate surface area is 138 Å². The van der Waals surface area contributed by atoms with Gasteiger partial charge in [-0.1, -0.05) is 29.8 Å². The lowest BCUT2D eigenvalue weighted by molar-refractivity contribution is -0.116. The number of aromatic nitrogens is 1. The second kappa shape index (κ2) is 6.46. The van der Waals surface area contributed by atoms with Crippen LogP contribution in [-0.2, 0) is 11.2 Å². The van der Waals surface area contributed by atoms with Crippen molar-refractivity contribution in [3.05, 3.63) is 58.1 Å². The van der Waals surface area contributed by atoms with Gasteiger partial charge in [-0.3, -0.25) is 4.79 Å². The smallest absolute Gasteiger partial charge is 0.224 e. The first-order valence-corrected chi connectivity index (χ1v) is 8.22. The van der Waals surface area contributed by atoms with Gasteiger partial charge in [-0.05, 0) is 36.8 Å². The molecule has 22 heavy (non-hydrogen) atoms. The van der Waals surface area contributed by atoms with E-state index in [4.69, 9.17) is 11.6 Å². The minimum atomic E-state index is -0.0285. The Morgan fingerprint density at radius 1 is 1.27 bits per heavy atom. The highest BCUT2D eigenvalue weighted by atomic mass is 35.5. The molecule has 0 spiro atoms. The van der Waals surface area contributed by atoms with Crippen LogP contribution in [0.3, 0.4) is 0 Å². The molecule has 0 aliphatic heterocycles. The van der Waals surface area contributed by atoms with E-state index in [1.807, 2.05) is 43.3 Å². The third-order valence-corrected chi connectivity index (χ3v) is 4.86. The maximum Gasteiger partial charge on any atom is 0.224 e. The van der Waals surface area contributed by atoms with Gasteiger partial charge in [0.25, 0.3) is 0 Å². The van der Waals surface area contributed by atoms with Gasteiger partial charge >= 0.3 is 0 Å². The average Bonchev–Trinajstić information content (AvgIpc) is 2.92. The van der Waals surface area contributed by atoms with Crippen molar-refractivity contribution in [3.63, 3.8) is 0 Å². The summed E-state index contributed by atoms with van der Waals surface area (Å²) in [6, 6.07) is 13.5. The maximum absolute atomic E-state index is 12.0. The van der Waals surface area contributed by atoms with Gasteiger partial charge in [-0.2, -0.15) is 0 Å². The topological polar surface area (TPSA) is 42.0 Å². The molecule has 1 N–H and O–H groups in total. The molecule has 0 atom stereocenters. The number of amides is 1. The molecule has 0 saturated heterocycles. The molecule has 0 aliphatic rings. The third kappa shape index (κ3) is 3.46. The van der Waals surface area contributed by atoms with Gasteiger partial charge in [0.15, 0.2) is 0 Å². The van der Waals surface area contributed by atoms with Crippen molar-refractivity contribution in [1.29, 1.82) is 0 Å². The lowest BCUT2D eigenvalue weighted by Crippen LogP contribution is -2.12. The molecule has 3 nitrogen and oxygen atoms in total. The second-order valence-corrected chi connectivity index (χ2v) is 6.61. The summed E-state index contributed by atoms with van der Waals surface area (Å²) in [5.74, 6) is -0.0285. The molecule has 3 rings (SSSR count). The zero-order valence-corrected chi connectivity index (χ0v) is 13.7. The predicted molar refractivity (Wildman–Crippen MR) is 92.8 cm³/mol. The first-order chi connectivity index (χ1) is 10.6. The molecule has 5 heteroatoms. The predicted octanol–water partition coefficient (Wildman–Crippen LogP) is 4.83. The quantitative estimate of drug-likeness (QED) is 0.744. The van der Waals surface area contributed by atoms with Gasteiger partial charge in [0.1, 0.15) is 0 Å². The Hall–Kier alpha value is -1.91. The van der Waals surface area contributed by atoms with Crippen LogP contribution >= 0.6 is 22.9 Å². The number of nitrogens with one attached hydrogen (secondary N) is 1. The molecule has 1 amide bonds. The number of hydrogen-bond donors (Lipinski definition) is 1. The normalized spacial score (nSPS) is 10.8. The van der Waals surface area contributed by atoms with Crippen LogP contribution in [-0.4, -0.2) is 10.9 Å². The molecular weight excluding hydrogens is 316 g/mol. The maximum atomic E-state index is 12.0. The first-order valence-electron chi connectivity index (χ1n) is 7.02. The Morgan fingerprint density at radius 3 is 2.86 bits per heavy atom. The van der Waals surface area contributed by atoms with Crippen molar-refractivity contribution >= 4 is 44.7 Å². The third-order valence-electron chi connectivity index (χ3n) is 3.36. The van der Waals surface area contributed by atoms with E-state index in [-0.39, 0.29) is 5.91 Å². The van der Waals surface area contributed by atoms with Crippen molar-refractivity contribution in [2.75, 3.05) is 5.32 Å². The minimum absolute atomic E-state index is 0.0285. The zero-order chi connectivity index (χ0) is 15.5. The van der Waals surface area contributed by atoms with E-state index >= 15 is 0 Å². The van der Waals surface area contributed by atoms with Crippen LogP contribution in [0.25, 0.3) is 10.2 Å². The molecule has 2 aromatic carbocycles. The number of para-hydroxylation sites is 1. The summed E-state index contributed by atoms with van der Waals surface area (Å²) in [7, 11) is 0. The molecule has 0 bridgehead atoms. The number of benzene rings is 2. The summed E-state index contributed by atoms with van der Waals surface area (Å²) in [6.45, 7) is 1.93. The number of rotatable bonds is 4. The molecule has 0 saturated carbocycles. The van der Waals surface area contributed by atoms with Gasteiger partial charge in [-0.15, -0.1) is 11.3 Å². The lowest BCUT2D eigenvalue weighted by atomic mass is 10.2. The van der Waals surface area contributed by atoms with Crippen molar-refractivity contribution in [2.45, 2.75) is 19.8 Å². The Kier molecular flexibility index (Phi) is 4.41. The highest BCUT2D eigenvalue weighted by molar-refractivity contribution is 7.18. The number of aryl methyl sites for hydroxylation is 2. The second-order valence-electron chi connectivity index (χ2n) is 5.09. The number of fused-ring (bicyclic) bond motifs is 1. The Balaban J connectivity index is 1.60.